The minimum atomic E-state index is -0.549. The second kappa shape index (κ2) is 9.31. The molecule has 196 valence electrons. The van der Waals surface area contributed by atoms with Crippen LogP contribution in [0.15, 0.2) is 60.9 Å². The van der Waals surface area contributed by atoms with E-state index in [9.17, 15) is 4.79 Å². The topological polar surface area (TPSA) is 108 Å². The largest absolute Gasteiger partial charge is 0.457 e. The molecule has 3 fully saturated rings. The van der Waals surface area contributed by atoms with Gasteiger partial charge in [0.2, 0.25) is 0 Å². The van der Waals surface area contributed by atoms with Crippen LogP contribution in [0.25, 0.3) is 22.3 Å². The lowest BCUT2D eigenvalue weighted by Crippen LogP contribution is -2.56. The molecule has 38 heavy (non-hydrogen) atoms. The first-order valence-electron chi connectivity index (χ1n) is 13.1. The lowest BCUT2D eigenvalue weighted by atomic mass is 9.76. The maximum Gasteiger partial charge on any atom is 0.410 e. The molecule has 0 radical (unpaired) electrons. The third-order valence-electron chi connectivity index (χ3n) is 7.31. The highest BCUT2D eigenvalue weighted by Crippen LogP contribution is 2.44. The molecule has 4 aromatic rings. The lowest BCUT2D eigenvalue weighted by molar-refractivity contribution is -0.0300. The molecule has 3 aliphatic rings. The van der Waals surface area contributed by atoms with Crippen molar-refractivity contribution in [3.63, 3.8) is 0 Å². The molecule has 2 N–H and O–H groups in total. The predicted octanol–water partition coefficient (Wildman–Crippen LogP) is 5.83. The summed E-state index contributed by atoms with van der Waals surface area (Å²) < 4.78 is 13.7. The van der Waals surface area contributed by atoms with Gasteiger partial charge in [0.15, 0.2) is 5.65 Å². The first-order chi connectivity index (χ1) is 18.3. The van der Waals surface area contributed by atoms with Gasteiger partial charge in [0.25, 0.3) is 0 Å². The van der Waals surface area contributed by atoms with E-state index in [1.165, 1.54) is 6.33 Å². The fraction of sp³-hybridized carbons (Fsp3) is 0.379. The molecular formula is C29H32N6O3. The van der Waals surface area contributed by atoms with Crippen molar-refractivity contribution in [3.05, 3.63) is 60.9 Å². The van der Waals surface area contributed by atoms with Gasteiger partial charge in [0.1, 0.15) is 34.9 Å². The van der Waals surface area contributed by atoms with Gasteiger partial charge in [-0.1, -0.05) is 18.2 Å². The van der Waals surface area contributed by atoms with Gasteiger partial charge in [-0.25, -0.2) is 19.4 Å². The van der Waals surface area contributed by atoms with Crippen LogP contribution in [-0.2, 0) is 4.74 Å². The molecule has 3 unspecified atom stereocenters. The Balaban J connectivity index is 1.35. The molecule has 2 aromatic carbocycles. The number of hydrogen-bond donors (Lipinski definition) is 1. The van der Waals surface area contributed by atoms with Crippen LogP contribution in [0.3, 0.4) is 0 Å². The monoisotopic (exact) mass is 512 g/mol. The highest BCUT2D eigenvalue weighted by atomic mass is 16.6. The van der Waals surface area contributed by atoms with Gasteiger partial charge in [-0.05, 0) is 82.3 Å². The number of hydrogen-bond acceptors (Lipinski definition) is 7. The summed E-state index contributed by atoms with van der Waals surface area (Å²) >= 11 is 0. The predicted molar refractivity (Wildman–Crippen MR) is 145 cm³/mol. The molecule has 4 heterocycles. The van der Waals surface area contributed by atoms with Gasteiger partial charge in [-0.2, -0.15) is 5.10 Å². The summed E-state index contributed by atoms with van der Waals surface area (Å²) in [6, 6.07) is 17.4. The summed E-state index contributed by atoms with van der Waals surface area (Å²) in [6.45, 7) is 6.40. The molecule has 3 atom stereocenters. The van der Waals surface area contributed by atoms with Gasteiger partial charge < -0.3 is 20.1 Å². The molecule has 0 spiro atoms. The van der Waals surface area contributed by atoms with Crippen LogP contribution in [0, 0.1) is 5.92 Å². The Morgan fingerprint density at radius 1 is 0.974 bits per heavy atom. The standard InChI is InChI=1S/C29H32N6O3/c1-29(2,3)38-28(36)34-16-18-9-14-22(34)23(15-18)35-27-24(26(30)31-17-32-27)25(33-35)19-10-12-21(13-11-19)37-20-7-5-4-6-8-20/h4-8,10-13,17-18,22-23H,9,14-16H2,1-3H3,(H2,30,31,32). The Morgan fingerprint density at radius 2 is 1.71 bits per heavy atom. The van der Waals surface area contributed by atoms with Crippen LogP contribution in [0.1, 0.15) is 46.1 Å². The summed E-state index contributed by atoms with van der Waals surface area (Å²) in [5.74, 6) is 2.26. The number of carbonyl (C=O) groups excluding carboxylic acids is 1. The summed E-state index contributed by atoms with van der Waals surface area (Å²) in [5.41, 5.74) is 8.11. The van der Waals surface area contributed by atoms with Gasteiger partial charge in [-0.3, -0.25) is 0 Å². The fourth-order valence-electron chi connectivity index (χ4n) is 5.69. The number of para-hydroxylation sites is 1. The van der Waals surface area contributed by atoms with Crippen molar-refractivity contribution >= 4 is 22.9 Å². The Kier molecular flexibility index (Phi) is 5.93. The smallest absolute Gasteiger partial charge is 0.410 e. The Bertz CT molecular complexity index is 1460. The van der Waals surface area contributed by atoms with Gasteiger partial charge >= 0.3 is 6.09 Å². The van der Waals surface area contributed by atoms with E-state index >= 15 is 0 Å². The minimum Gasteiger partial charge on any atom is -0.457 e. The van der Waals surface area contributed by atoms with Crippen LogP contribution in [0.4, 0.5) is 10.6 Å². The van der Waals surface area contributed by atoms with E-state index in [1.54, 1.807) is 0 Å². The van der Waals surface area contributed by atoms with Crippen LogP contribution in [-0.4, -0.2) is 48.9 Å². The second-order valence-corrected chi connectivity index (χ2v) is 11.1. The highest BCUT2D eigenvalue weighted by molar-refractivity contribution is 5.98. The molecular weight excluding hydrogens is 480 g/mol. The van der Waals surface area contributed by atoms with Crippen LogP contribution in [0.2, 0.25) is 0 Å². The summed E-state index contributed by atoms with van der Waals surface area (Å²) in [7, 11) is 0. The zero-order chi connectivity index (χ0) is 26.4. The molecule has 2 saturated heterocycles. The van der Waals surface area contributed by atoms with Crippen LogP contribution < -0.4 is 10.5 Å². The zero-order valence-electron chi connectivity index (χ0n) is 21.9. The lowest BCUT2D eigenvalue weighted by Gasteiger charge is -2.49. The van der Waals surface area contributed by atoms with Crippen LogP contribution in [0.5, 0.6) is 11.5 Å². The number of anilines is 1. The molecule has 2 aromatic heterocycles. The quantitative estimate of drug-likeness (QED) is 0.366. The Morgan fingerprint density at radius 3 is 2.42 bits per heavy atom. The zero-order valence-corrected chi connectivity index (χ0v) is 21.9. The SMILES string of the molecule is CC(C)(C)OC(=O)N1CC2CCC1C(n1nc(-c3ccc(Oc4ccccc4)cc3)c3c(N)ncnc31)C2. The number of rotatable bonds is 4. The molecule has 2 aliphatic heterocycles. The van der Waals surface area contributed by atoms with E-state index in [0.717, 1.165) is 47.4 Å². The maximum absolute atomic E-state index is 13.1. The molecule has 1 saturated carbocycles. The average Bonchev–Trinajstić information content (AvgIpc) is 3.30. The van der Waals surface area contributed by atoms with Gasteiger partial charge in [-0.15, -0.1) is 0 Å². The number of benzene rings is 2. The Hall–Kier alpha value is -4.14. The number of fused-ring (bicyclic) bond motifs is 4. The number of nitrogens with zero attached hydrogens (tertiary/aromatic N) is 5. The minimum absolute atomic E-state index is 0.0244. The van der Waals surface area contributed by atoms with Crippen LogP contribution >= 0.6 is 0 Å². The fourth-order valence-corrected chi connectivity index (χ4v) is 5.69. The molecule has 9 heteroatoms. The van der Waals surface area contributed by atoms with E-state index in [4.69, 9.17) is 20.3 Å². The number of amides is 1. The van der Waals surface area contributed by atoms with Crippen molar-refractivity contribution in [2.45, 2.75) is 57.7 Å². The maximum atomic E-state index is 13.1. The number of aromatic nitrogens is 4. The van der Waals surface area contributed by atoms with E-state index in [1.807, 2.05) is 85.0 Å². The van der Waals surface area contributed by atoms with E-state index < -0.39 is 5.60 Å². The summed E-state index contributed by atoms with van der Waals surface area (Å²) in [6.07, 6.45) is 4.12. The number of nitrogen functional groups attached to an aromatic ring is 1. The van der Waals surface area contributed by atoms with E-state index in [-0.39, 0.29) is 18.2 Å². The third-order valence-corrected chi connectivity index (χ3v) is 7.31. The van der Waals surface area contributed by atoms with Gasteiger partial charge in [0, 0.05) is 12.1 Å². The highest BCUT2D eigenvalue weighted by Gasteiger charge is 2.46. The molecule has 1 amide bonds. The molecule has 7 rings (SSSR count). The molecule has 9 nitrogen and oxygen atoms in total. The first-order valence-corrected chi connectivity index (χ1v) is 13.1. The summed E-state index contributed by atoms with van der Waals surface area (Å²) in [4.78, 5) is 23.9. The number of ether oxygens (including phenoxy) is 2. The van der Waals surface area contributed by atoms with E-state index in [0.29, 0.717) is 23.9 Å². The van der Waals surface area contributed by atoms with E-state index in [2.05, 4.69) is 9.97 Å². The molecule has 2 bridgehead atoms. The van der Waals surface area contributed by atoms with Crippen molar-refractivity contribution in [2.75, 3.05) is 12.3 Å². The van der Waals surface area contributed by atoms with Crippen molar-refractivity contribution < 1.29 is 14.3 Å². The Labute approximate surface area is 221 Å². The average molecular weight is 513 g/mol. The van der Waals surface area contributed by atoms with Crippen molar-refractivity contribution in [1.82, 2.24) is 24.6 Å². The van der Waals surface area contributed by atoms with Crippen molar-refractivity contribution in [2.24, 2.45) is 5.92 Å². The summed E-state index contributed by atoms with van der Waals surface area (Å²) in [5, 5.41) is 5.78. The van der Waals surface area contributed by atoms with Crippen molar-refractivity contribution in [1.29, 1.82) is 0 Å². The number of carbonyl (C=O) groups is 1. The first kappa shape index (κ1) is 24.2. The van der Waals surface area contributed by atoms with Gasteiger partial charge in [0.05, 0.1) is 17.5 Å². The third kappa shape index (κ3) is 4.53. The number of piperidine rings is 2. The van der Waals surface area contributed by atoms with Crippen molar-refractivity contribution in [3.8, 4) is 22.8 Å². The number of nitrogens with two attached hydrogens (primary N) is 1. The normalized spacial score (nSPS) is 21.0. The second-order valence-electron chi connectivity index (χ2n) is 11.1. The molecule has 1 aliphatic carbocycles.